The number of amides is 1. The summed E-state index contributed by atoms with van der Waals surface area (Å²) in [5.41, 5.74) is 5.53. The third-order valence-electron chi connectivity index (χ3n) is 2.69. The van der Waals surface area contributed by atoms with Gasteiger partial charge in [-0.15, -0.1) is 0 Å². The largest absolute Gasteiger partial charge is 0.348 e. The van der Waals surface area contributed by atoms with Gasteiger partial charge in [0.05, 0.1) is 19.8 Å². The summed E-state index contributed by atoms with van der Waals surface area (Å²) in [6, 6.07) is 0. The Morgan fingerprint density at radius 1 is 1.43 bits per heavy atom. The molecule has 0 radical (unpaired) electrons. The van der Waals surface area contributed by atoms with Gasteiger partial charge in [0.1, 0.15) is 0 Å². The fourth-order valence-electron chi connectivity index (χ4n) is 1.88. The van der Waals surface area contributed by atoms with Crippen LogP contribution in [0, 0.1) is 5.92 Å². The zero-order valence-corrected chi connectivity index (χ0v) is 8.15. The second-order valence-corrected chi connectivity index (χ2v) is 3.78. The molecule has 5 nitrogen and oxygen atoms in total. The van der Waals surface area contributed by atoms with Crippen molar-refractivity contribution in [1.29, 1.82) is 0 Å². The number of ether oxygens (including phenoxy) is 2. The van der Waals surface area contributed by atoms with Crippen LogP contribution in [-0.4, -0.2) is 49.9 Å². The van der Waals surface area contributed by atoms with E-state index in [2.05, 4.69) is 0 Å². The Labute approximate surface area is 83.1 Å². The van der Waals surface area contributed by atoms with E-state index in [1.165, 1.54) is 0 Å². The molecule has 14 heavy (non-hydrogen) atoms. The smallest absolute Gasteiger partial charge is 0.223 e. The van der Waals surface area contributed by atoms with Crippen LogP contribution < -0.4 is 5.73 Å². The maximum atomic E-state index is 11.5. The maximum absolute atomic E-state index is 11.5. The Bertz CT molecular complexity index is 216. The molecule has 2 aliphatic rings. The van der Waals surface area contributed by atoms with E-state index < -0.39 is 0 Å². The van der Waals surface area contributed by atoms with Crippen LogP contribution in [0.3, 0.4) is 0 Å². The summed E-state index contributed by atoms with van der Waals surface area (Å²) in [5.74, 6) is 0.475. The third kappa shape index (κ3) is 2.05. The predicted octanol–water partition coefficient (Wildman–Crippen LogP) is -0.833. The summed E-state index contributed by atoms with van der Waals surface area (Å²) < 4.78 is 10.6. The molecule has 0 saturated carbocycles. The van der Waals surface area contributed by atoms with E-state index in [0.717, 1.165) is 6.54 Å². The molecule has 1 atom stereocenters. The molecule has 5 heteroatoms. The zero-order chi connectivity index (χ0) is 9.97. The van der Waals surface area contributed by atoms with Gasteiger partial charge in [0.2, 0.25) is 5.91 Å². The van der Waals surface area contributed by atoms with Crippen molar-refractivity contribution in [3.05, 3.63) is 0 Å². The lowest BCUT2D eigenvalue weighted by atomic mass is 10.1. The van der Waals surface area contributed by atoms with E-state index in [-0.39, 0.29) is 12.2 Å². The Morgan fingerprint density at radius 3 is 2.71 bits per heavy atom. The highest BCUT2D eigenvalue weighted by atomic mass is 16.7. The Morgan fingerprint density at radius 2 is 2.14 bits per heavy atom. The van der Waals surface area contributed by atoms with Crippen LogP contribution in [0.2, 0.25) is 0 Å². The molecule has 1 amide bonds. The number of hydrogen-bond donors (Lipinski definition) is 1. The Hall–Kier alpha value is -0.650. The van der Waals surface area contributed by atoms with E-state index in [4.69, 9.17) is 15.2 Å². The van der Waals surface area contributed by atoms with Gasteiger partial charge in [0.15, 0.2) is 6.29 Å². The van der Waals surface area contributed by atoms with Crippen molar-refractivity contribution in [2.45, 2.75) is 12.7 Å². The summed E-state index contributed by atoms with van der Waals surface area (Å²) in [5, 5.41) is 0. The summed E-state index contributed by atoms with van der Waals surface area (Å²) in [4.78, 5) is 13.3. The topological polar surface area (TPSA) is 64.8 Å². The van der Waals surface area contributed by atoms with Crippen LogP contribution in [0.5, 0.6) is 0 Å². The number of hydrogen-bond acceptors (Lipinski definition) is 4. The molecular formula is C9H16N2O3. The van der Waals surface area contributed by atoms with E-state index in [1.54, 1.807) is 4.90 Å². The van der Waals surface area contributed by atoms with Crippen LogP contribution in [-0.2, 0) is 14.3 Å². The normalized spacial score (nSPS) is 29.1. The monoisotopic (exact) mass is 200 g/mol. The zero-order valence-electron chi connectivity index (χ0n) is 8.15. The average Bonchev–Trinajstić information content (AvgIpc) is 2.78. The van der Waals surface area contributed by atoms with Gasteiger partial charge in [-0.05, 0) is 12.5 Å². The molecule has 0 aromatic rings. The fraction of sp³-hybridized carbons (Fsp3) is 0.889. The molecule has 0 spiro atoms. The molecule has 0 aromatic carbocycles. The van der Waals surface area contributed by atoms with Crippen molar-refractivity contribution in [2.24, 2.45) is 11.7 Å². The number of carbonyl (C=O) groups is 1. The van der Waals surface area contributed by atoms with Crippen LogP contribution >= 0.6 is 0 Å². The van der Waals surface area contributed by atoms with E-state index in [1.807, 2.05) is 0 Å². The summed E-state index contributed by atoms with van der Waals surface area (Å²) in [7, 11) is 0. The summed E-state index contributed by atoms with van der Waals surface area (Å²) >= 11 is 0. The van der Waals surface area contributed by atoms with Gasteiger partial charge in [0, 0.05) is 13.0 Å². The van der Waals surface area contributed by atoms with E-state index in [0.29, 0.717) is 38.6 Å². The molecule has 2 aliphatic heterocycles. The minimum absolute atomic E-state index is 0.166. The molecule has 80 valence electrons. The van der Waals surface area contributed by atoms with Gasteiger partial charge in [-0.2, -0.15) is 0 Å². The molecule has 2 fully saturated rings. The predicted molar refractivity (Wildman–Crippen MR) is 49.4 cm³/mol. The number of rotatable bonds is 3. The third-order valence-corrected chi connectivity index (χ3v) is 2.69. The van der Waals surface area contributed by atoms with Crippen molar-refractivity contribution in [1.82, 2.24) is 4.90 Å². The van der Waals surface area contributed by atoms with Gasteiger partial charge in [-0.25, -0.2) is 0 Å². The lowest BCUT2D eigenvalue weighted by molar-refractivity contribution is -0.133. The van der Waals surface area contributed by atoms with Gasteiger partial charge in [0.25, 0.3) is 0 Å². The molecule has 2 rings (SSSR count). The van der Waals surface area contributed by atoms with Crippen molar-refractivity contribution < 1.29 is 14.3 Å². The highest BCUT2D eigenvalue weighted by Gasteiger charge is 2.31. The van der Waals surface area contributed by atoms with E-state index >= 15 is 0 Å². The second-order valence-electron chi connectivity index (χ2n) is 3.78. The molecule has 0 aromatic heterocycles. The number of carbonyl (C=O) groups excluding carboxylic acids is 1. The van der Waals surface area contributed by atoms with Crippen molar-refractivity contribution in [2.75, 3.05) is 32.8 Å². The second kappa shape index (κ2) is 4.25. The van der Waals surface area contributed by atoms with Crippen LogP contribution in [0.25, 0.3) is 0 Å². The number of likely N-dealkylation sites (tertiary alicyclic amines) is 1. The first-order valence-corrected chi connectivity index (χ1v) is 5.00. The van der Waals surface area contributed by atoms with Crippen LogP contribution in [0.4, 0.5) is 0 Å². The number of nitrogens with zero attached hydrogens (tertiary/aromatic N) is 1. The molecular weight excluding hydrogens is 184 g/mol. The van der Waals surface area contributed by atoms with Crippen molar-refractivity contribution in [3.63, 3.8) is 0 Å². The minimum Gasteiger partial charge on any atom is -0.348 e. The quantitative estimate of drug-likeness (QED) is 0.645. The van der Waals surface area contributed by atoms with E-state index in [9.17, 15) is 4.79 Å². The highest BCUT2D eigenvalue weighted by molar-refractivity contribution is 5.78. The van der Waals surface area contributed by atoms with Crippen molar-refractivity contribution >= 4 is 5.91 Å². The summed E-state index contributed by atoms with van der Waals surface area (Å²) in [6.07, 6.45) is 0.346. The van der Waals surface area contributed by atoms with Crippen LogP contribution in [0.15, 0.2) is 0 Å². The van der Waals surface area contributed by atoms with Crippen molar-refractivity contribution in [3.8, 4) is 0 Å². The first-order chi connectivity index (χ1) is 6.79. The fourth-order valence-corrected chi connectivity index (χ4v) is 1.88. The summed E-state index contributed by atoms with van der Waals surface area (Å²) in [6.45, 7) is 3.14. The highest BCUT2D eigenvalue weighted by Crippen LogP contribution is 2.18. The maximum Gasteiger partial charge on any atom is 0.223 e. The minimum atomic E-state index is -0.226. The van der Waals surface area contributed by atoms with Gasteiger partial charge < -0.3 is 20.1 Å². The number of nitrogens with two attached hydrogens (primary N) is 1. The standard InChI is InChI=1S/C9H16N2O3/c10-4-7-3-8(12)11(5-7)6-9-13-1-2-14-9/h7,9H,1-6,10H2. The van der Waals surface area contributed by atoms with Gasteiger partial charge >= 0.3 is 0 Å². The first kappa shape index (κ1) is 9.89. The van der Waals surface area contributed by atoms with Gasteiger partial charge in [-0.1, -0.05) is 0 Å². The molecule has 0 bridgehead atoms. The molecule has 2 heterocycles. The molecule has 0 aliphatic carbocycles. The van der Waals surface area contributed by atoms with Crippen LogP contribution in [0.1, 0.15) is 6.42 Å². The average molecular weight is 200 g/mol. The lowest BCUT2D eigenvalue weighted by Crippen LogP contribution is -2.34. The Kier molecular flexibility index (Phi) is 3.00. The molecule has 1 unspecified atom stereocenters. The Balaban J connectivity index is 1.82. The SMILES string of the molecule is NCC1CC(=O)N(CC2OCCO2)C1. The lowest BCUT2D eigenvalue weighted by Gasteiger charge is -2.19. The molecule has 2 saturated heterocycles. The first-order valence-electron chi connectivity index (χ1n) is 5.00. The molecule has 2 N–H and O–H groups in total. The van der Waals surface area contributed by atoms with Gasteiger partial charge in [-0.3, -0.25) is 4.79 Å².